The third kappa shape index (κ3) is 2.89. The van der Waals surface area contributed by atoms with Crippen LogP contribution in [0.1, 0.15) is 20.3 Å². The minimum absolute atomic E-state index is 0.181. The predicted molar refractivity (Wildman–Crippen MR) is 30.1 cm³/mol. The third-order valence-electron chi connectivity index (χ3n) is 0.899. The molecule has 2 atom stereocenters. The van der Waals surface area contributed by atoms with Crippen LogP contribution in [0, 0.1) is 0 Å². The predicted octanol–water partition coefficient (Wildman–Crippen LogP) is 1.82. The highest BCUT2D eigenvalue weighted by molar-refractivity contribution is 6.20. The quantitative estimate of drug-likeness (QED) is 0.497. The lowest BCUT2D eigenvalue weighted by Gasteiger charge is -2.04. The maximum absolute atomic E-state index is 10.3. The van der Waals surface area contributed by atoms with Gasteiger partial charge in [0.05, 0.1) is 5.38 Å². The average Bonchev–Trinajstić information content (AvgIpc) is 1.65. The summed E-state index contributed by atoms with van der Waals surface area (Å²) in [7, 11) is 0. The van der Waals surface area contributed by atoms with E-state index in [1.54, 1.807) is 6.92 Å². The molecule has 0 aliphatic heterocycles. The van der Waals surface area contributed by atoms with Gasteiger partial charge in [0.2, 0.25) is 0 Å². The van der Waals surface area contributed by atoms with Crippen molar-refractivity contribution in [2.24, 2.45) is 0 Å². The lowest BCUT2D eigenvalue weighted by Crippen LogP contribution is -2.12. The molecule has 2 unspecified atom stereocenters. The average molecular weight is 122 g/mol. The van der Waals surface area contributed by atoms with Crippen LogP contribution in [0.5, 0.6) is 0 Å². The van der Waals surface area contributed by atoms with Crippen LogP contribution in [0.25, 0.3) is 0 Å². The molecule has 0 aliphatic carbocycles. The van der Waals surface area contributed by atoms with Crippen molar-refractivity contribution in [3.05, 3.63) is 0 Å². The van der Waals surface area contributed by atoms with Crippen molar-refractivity contribution in [1.82, 2.24) is 0 Å². The van der Waals surface area contributed by atoms with Gasteiger partial charge in [-0.1, -0.05) is 6.92 Å². The minimum Gasteiger partial charge on any atom is -0.232 e. The van der Waals surface area contributed by atoms with Gasteiger partial charge in [0.15, 0.2) is 0 Å². The summed E-state index contributed by atoms with van der Waals surface area (Å²) >= 11 is 5.49. The van der Waals surface area contributed by atoms with Gasteiger partial charge in [-0.2, -0.15) is 0 Å². The standard InChI is InChI=1S/C5H10ClO/c1-3-5(6)4(2)7/h4-5H,3H2,1-2H3. The number of alkyl halides is 1. The zero-order valence-electron chi connectivity index (χ0n) is 4.65. The zero-order chi connectivity index (χ0) is 5.86. The highest BCUT2D eigenvalue weighted by Gasteiger charge is 2.08. The molecule has 2 heteroatoms. The van der Waals surface area contributed by atoms with Crippen LogP contribution in [-0.4, -0.2) is 11.5 Å². The Labute approximate surface area is 49.3 Å². The second-order valence-corrected chi connectivity index (χ2v) is 2.19. The van der Waals surface area contributed by atoms with Crippen LogP contribution < -0.4 is 0 Å². The number of hydrogen-bond acceptors (Lipinski definition) is 0. The van der Waals surface area contributed by atoms with Crippen LogP contribution >= 0.6 is 11.6 Å². The third-order valence-corrected chi connectivity index (χ3v) is 1.56. The van der Waals surface area contributed by atoms with Gasteiger partial charge < -0.3 is 0 Å². The lowest BCUT2D eigenvalue weighted by molar-refractivity contribution is 0.100. The molecule has 0 aromatic heterocycles. The Balaban J connectivity index is 3.14. The fourth-order valence-electron chi connectivity index (χ4n) is 0.332. The van der Waals surface area contributed by atoms with E-state index >= 15 is 0 Å². The van der Waals surface area contributed by atoms with Gasteiger partial charge in [-0.15, -0.1) is 11.6 Å². The number of rotatable bonds is 2. The van der Waals surface area contributed by atoms with Crippen LogP contribution in [0.4, 0.5) is 0 Å². The fraction of sp³-hybridized carbons (Fsp3) is 1.00. The van der Waals surface area contributed by atoms with E-state index in [2.05, 4.69) is 0 Å². The molecule has 0 bridgehead atoms. The first-order valence-electron chi connectivity index (χ1n) is 2.48. The van der Waals surface area contributed by atoms with E-state index in [0.717, 1.165) is 6.42 Å². The molecule has 0 spiro atoms. The first-order chi connectivity index (χ1) is 3.18. The Morgan fingerprint density at radius 3 is 2.14 bits per heavy atom. The second-order valence-electron chi connectivity index (χ2n) is 1.63. The zero-order valence-corrected chi connectivity index (χ0v) is 5.40. The summed E-state index contributed by atoms with van der Waals surface area (Å²) in [6, 6.07) is 0. The normalized spacial score (nSPS) is 18.9. The molecule has 0 amide bonds. The molecule has 0 saturated heterocycles. The molecule has 0 saturated carbocycles. The van der Waals surface area contributed by atoms with Gasteiger partial charge >= 0.3 is 0 Å². The number of hydrogen-bond donors (Lipinski definition) is 0. The van der Waals surface area contributed by atoms with Crippen molar-refractivity contribution in [2.45, 2.75) is 31.7 Å². The molecule has 0 aromatic carbocycles. The lowest BCUT2D eigenvalue weighted by atomic mass is 10.2. The van der Waals surface area contributed by atoms with Gasteiger partial charge in [-0.05, 0) is 13.3 Å². The van der Waals surface area contributed by atoms with Crippen LogP contribution in [0.3, 0.4) is 0 Å². The summed E-state index contributed by atoms with van der Waals surface area (Å²) in [5.41, 5.74) is 0. The van der Waals surface area contributed by atoms with Crippen LogP contribution in [0.15, 0.2) is 0 Å². The van der Waals surface area contributed by atoms with E-state index in [-0.39, 0.29) is 5.38 Å². The van der Waals surface area contributed by atoms with Crippen molar-refractivity contribution in [1.29, 1.82) is 0 Å². The molecule has 7 heavy (non-hydrogen) atoms. The van der Waals surface area contributed by atoms with E-state index in [1.807, 2.05) is 6.92 Å². The second kappa shape index (κ2) is 3.28. The molecule has 0 aromatic rings. The van der Waals surface area contributed by atoms with E-state index in [4.69, 9.17) is 11.6 Å². The van der Waals surface area contributed by atoms with Gasteiger partial charge in [0.1, 0.15) is 6.10 Å². The molecule has 0 fully saturated rings. The van der Waals surface area contributed by atoms with Gasteiger partial charge in [0.25, 0.3) is 0 Å². The van der Waals surface area contributed by atoms with Gasteiger partial charge in [0, 0.05) is 0 Å². The van der Waals surface area contributed by atoms with Crippen molar-refractivity contribution >= 4 is 11.6 Å². The molecule has 1 radical (unpaired) electrons. The first-order valence-corrected chi connectivity index (χ1v) is 2.92. The van der Waals surface area contributed by atoms with Gasteiger partial charge in [-0.25, -0.2) is 5.11 Å². The van der Waals surface area contributed by atoms with Gasteiger partial charge in [-0.3, -0.25) is 0 Å². The number of halogens is 1. The molecular weight excluding hydrogens is 112 g/mol. The van der Waals surface area contributed by atoms with Crippen LogP contribution in [-0.2, 0) is 5.11 Å². The molecule has 1 nitrogen and oxygen atoms in total. The minimum atomic E-state index is -0.619. The van der Waals surface area contributed by atoms with E-state index in [9.17, 15) is 5.11 Å². The highest BCUT2D eigenvalue weighted by Crippen LogP contribution is 2.05. The Morgan fingerprint density at radius 2 is 2.14 bits per heavy atom. The summed E-state index contributed by atoms with van der Waals surface area (Å²) in [5, 5.41) is 10.1. The smallest absolute Gasteiger partial charge is 0.106 e. The topological polar surface area (TPSA) is 19.9 Å². The largest absolute Gasteiger partial charge is 0.232 e. The summed E-state index contributed by atoms with van der Waals surface area (Å²) in [5.74, 6) is 0. The van der Waals surface area contributed by atoms with E-state index < -0.39 is 6.10 Å². The maximum Gasteiger partial charge on any atom is 0.106 e. The van der Waals surface area contributed by atoms with Crippen LogP contribution in [0.2, 0.25) is 0 Å². The fourth-order valence-corrected chi connectivity index (χ4v) is 0.332. The maximum atomic E-state index is 10.3. The van der Waals surface area contributed by atoms with Crippen molar-refractivity contribution < 1.29 is 5.11 Å². The molecule has 43 valence electrons. The summed E-state index contributed by atoms with van der Waals surface area (Å²) in [4.78, 5) is 0. The molecular formula is C5H10ClO. The first kappa shape index (κ1) is 7.25. The summed E-state index contributed by atoms with van der Waals surface area (Å²) < 4.78 is 0. The Kier molecular flexibility index (Phi) is 3.39. The molecule has 0 aliphatic rings. The van der Waals surface area contributed by atoms with Crippen molar-refractivity contribution in [2.75, 3.05) is 0 Å². The Morgan fingerprint density at radius 1 is 1.71 bits per heavy atom. The van der Waals surface area contributed by atoms with Crippen molar-refractivity contribution in [3.8, 4) is 0 Å². The van der Waals surface area contributed by atoms with E-state index in [0.29, 0.717) is 0 Å². The monoisotopic (exact) mass is 121 g/mol. The molecule has 0 rings (SSSR count). The highest BCUT2D eigenvalue weighted by atomic mass is 35.5. The molecule has 0 N–H and O–H groups in total. The van der Waals surface area contributed by atoms with E-state index in [1.165, 1.54) is 0 Å². The van der Waals surface area contributed by atoms with Crippen molar-refractivity contribution in [3.63, 3.8) is 0 Å². The summed E-state index contributed by atoms with van der Waals surface area (Å²) in [6.45, 7) is 3.49. The SMILES string of the molecule is CCC(Cl)C(C)[O]. The Hall–Kier alpha value is 0.250. The molecule has 0 heterocycles. The summed E-state index contributed by atoms with van der Waals surface area (Å²) in [6.07, 6.45) is 0.151. The Bertz CT molecular complexity index is 45.3.